The average Bonchev–Trinajstić information content (AvgIpc) is 1.47. The fraction of sp³-hybridized carbons (Fsp3) is 0.0169. The fourth-order valence-corrected chi connectivity index (χ4v) is 22.7. The standard InChI is InChI=1S/2C59H36N4S/c1-4-17-37(18-5-1)40-23-16-24-41(33-40)57-61-56(39-21-8-3-9-22-39)62-58(63-57)42-31-32-45-46-35-51-54(36-47(46)55(60-52(45)34-42)38-19-6-2-7-20-38)64-53-30-15-14-29-50(53)59(51)48-27-12-10-25-43(48)44-26-11-13-28-49(44)59;1-4-16-37(17-5-1)38-28-30-41(31-29-38)57-61-56(40-20-8-3-9-21-40)62-58(63-57)42-32-33-45-46-35-51-54(36-47(46)55(60-52(45)34-42)39-18-6-2-7-19-39)64-53-27-15-14-26-50(53)59(51)48-24-12-10-22-43(48)44-23-11-13-25-49(44)59/h2*1-36H. The molecule has 0 saturated heterocycles. The minimum Gasteiger partial charge on any atom is -0.247 e. The van der Waals surface area contributed by atoms with Gasteiger partial charge < -0.3 is 0 Å². The van der Waals surface area contributed by atoms with Gasteiger partial charge in [-0.05, 0) is 154 Å². The lowest BCUT2D eigenvalue weighted by atomic mass is 9.67. The first-order valence-electron chi connectivity index (χ1n) is 43.3. The van der Waals surface area contributed by atoms with Crippen LogP contribution in [0.15, 0.2) is 456 Å². The molecule has 0 atom stereocenters. The fourth-order valence-electron chi connectivity index (χ4n) is 20.2. The maximum absolute atomic E-state index is 5.54. The second-order valence-corrected chi connectivity index (χ2v) is 35.2. The van der Waals surface area contributed by atoms with Crippen LogP contribution in [0.4, 0.5) is 0 Å². The first-order valence-corrected chi connectivity index (χ1v) is 44.9. The zero-order chi connectivity index (χ0) is 84.4. The van der Waals surface area contributed by atoms with Crippen LogP contribution in [0.3, 0.4) is 0 Å². The maximum atomic E-state index is 5.54. The van der Waals surface area contributed by atoms with Gasteiger partial charge >= 0.3 is 0 Å². The highest BCUT2D eigenvalue weighted by Gasteiger charge is 2.52. The van der Waals surface area contributed by atoms with Crippen molar-refractivity contribution in [3.8, 4) is 135 Å². The molecule has 2 aliphatic carbocycles. The number of aromatic nitrogens is 8. The van der Waals surface area contributed by atoms with Gasteiger partial charge in [0.1, 0.15) is 0 Å². The molecular weight excluding hydrogens is 1590 g/mol. The highest BCUT2D eigenvalue weighted by Crippen LogP contribution is 2.65. The molecule has 6 heterocycles. The zero-order valence-electron chi connectivity index (χ0n) is 69.0. The Morgan fingerprint density at radius 2 is 0.414 bits per heavy atom. The summed E-state index contributed by atoms with van der Waals surface area (Å²) >= 11 is 3.73. The molecule has 0 saturated carbocycles. The van der Waals surface area contributed by atoms with Crippen molar-refractivity contribution in [1.29, 1.82) is 0 Å². The topological polar surface area (TPSA) is 103 Å². The van der Waals surface area contributed by atoms with E-state index in [-0.39, 0.29) is 0 Å². The molecule has 26 rings (SSSR count). The molecule has 0 fully saturated rings. The lowest BCUT2D eigenvalue weighted by molar-refractivity contribution is 0.724. The number of hydrogen-bond acceptors (Lipinski definition) is 10. The van der Waals surface area contributed by atoms with E-state index in [1.807, 2.05) is 84.2 Å². The van der Waals surface area contributed by atoms with Crippen LogP contribution in [0.2, 0.25) is 0 Å². The predicted octanol–water partition coefficient (Wildman–Crippen LogP) is 29.5. The van der Waals surface area contributed by atoms with Gasteiger partial charge in [0.15, 0.2) is 34.9 Å². The SMILES string of the molecule is c1ccc(-c2ccc(-c3nc(-c4ccccc4)nc(-c4ccc5c(c4)nc(-c4ccccc4)c4cc6c(cc45)C4(c5ccccc5S6)c5ccccc5-c5ccccc54)n3)cc2)cc1.c1ccc(-c2cccc(-c3nc(-c4ccccc4)nc(-c4ccc5c(c4)nc(-c4ccccc4)c4cc6c(cc45)C4(c5ccccc5S6)c5ccccc5-c5ccccc54)n3)c2)cc1. The van der Waals surface area contributed by atoms with Crippen LogP contribution in [0.5, 0.6) is 0 Å². The molecule has 2 spiro atoms. The molecular formula is C118H72N8S2. The Morgan fingerprint density at radius 1 is 0.148 bits per heavy atom. The molecule has 0 N–H and O–H groups in total. The second kappa shape index (κ2) is 30.5. The van der Waals surface area contributed by atoms with E-state index in [4.69, 9.17) is 39.9 Å². The Hall–Kier alpha value is -16.0. The van der Waals surface area contributed by atoms with E-state index >= 15 is 0 Å². The monoisotopic (exact) mass is 1660 g/mol. The van der Waals surface area contributed by atoms with Crippen molar-refractivity contribution in [3.05, 3.63) is 481 Å². The third-order valence-corrected chi connectivity index (χ3v) is 28.2. The van der Waals surface area contributed by atoms with Crippen LogP contribution in [0, 0.1) is 0 Å². The smallest absolute Gasteiger partial charge is 0.164 e. The van der Waals surface area contributed by atoms with Crippen molar-refractivity contribution >= 4 is 66.9 Å². The van der Waals surface area contributed by atoms with Crippen molar-refractivity contribution in [3.63, 3.8) is 0 Å². The van der Waals surface area contributed by atoms with Crippen LogP contribution in [-0.4, -0.2) is 39.9 Å². The van der Waals surface area contributed by atoms with E-state index in [2.05, 4.69) is 376 Å². The Bertz CT molecular complexity index is 8150. The summed E-state index contributed by atoms with van der Waals surface area (Å²) in [6.07, 6.45) is 0. The van der Waals surface area contributed by atoms with Crippen molar-refractivity contribution in [2.75, 3.05) is 0 Å². The molecule has 8 nitrogen and oxygen atoms in total. The average molecular weight is 1670 g/mol. The van der Waals surface area contributed by atoms with E-state index in [1.54, 1.807) is 0 Å². The summed E-state index contributed by atoms with van der Waals surface area (Å²) in [4.78, 5) is 46.9. The Kier molecular flexibility index (Phi) is 17.8. The molecule has 0 unspecified atom stereocenters. The van der Waals surface area contributed by atoms with Crippen molar-refractivity contribution in [2.45, 2.75) is 30.4 Å². The van der Waals surface area contributed by atoms with Crippen LogP contribution in [-0.2, 0) is 10.8 Å². The molecule has 4 aliphatic rings. The number of pyridine rings is 2. The summed E-state index contributed by atoms with van der Waals surface area (Å²) in [6.45, 7) is 0. The van der Waals surface area contributed by atoms with Gasteiger partial charge in [-0.25, -0.2) is 39.9 Å². The first-order chi connectivity index (χ1) is 63.4. The minimum atomic E-state index is -0.492. The quantitative estimate of drug-likeness (QED) is 0.123. The van der Waals surface area contributed by atoms with Crippen LogP contribution in [0.25, 0.3) is 179 Å². The van der Waals surface area contributed by atoms with Gasteiger partial charge in [-0.1, -0.05) is 406 Å². The predicted molar refractivity (Wildman–Crippen MR) is 522 cm³/mol. The molecule has 2 aliphatic heterocycles. The van der Waals surface area contributed by atoms with Gasteiger partial charge in [0.05, 0.1) is 33.3 Å². The minimum absolute atomic E-state index is 0.491. The maximum Gasteiger partial charge on any atom is 0.164 e. The van der Waals surface area contributed by atoms with Crippen molar-refractivity contribution in [2.24, 2.45) is 0 Å². The molecule has 0 radical (unpaired) electrons. The number of fused-ring (bicyclic) bond motifs is 24. The summed E-state index contributed by atoms with van der Waals surface area (Å²) in [5.74, 6) is 3.66. The summed E-state index contributed by atoms with van der Waals surface area (Å²) in [5, 5.41) is 6.73. The number of nitrogens with zero attached hydrogens (tertiary/aromatic N) is 8. The van der Waals surface area contributed by atoms with Crippen molar-refractivity contribution in [1.82, 2.24) is 39.9 Å². The van der Waals surface area contributed by atoms with Gasteiger partial charge in [0, 0.05) is 85.6 Å². The van der Waals surface area contributed by atoms with Crippen molar-refractivity contribution < 1.29 is 0 Å². The third kappa shape index (κ3) is 12.2. The Labute approximate surface area is 748 Å². The molecule has 128 heavy (non-hydrogen) atoms. The Balaban J connectivity index is 0.000000139. The third-order valence-electron chi connectivity index (χ3n) is 25.9. The molecule has 18 aromatic carbocycles. The van der Waals surface area contributed by atoms with E-state index < -0.39 is 10.8 Å². The summed E-state index contributed by atoms with van der Waals surface area (Å²) < 4.78 is 0. The van der Waals surface area contributed by atoms with Gasteiger partial charge in [-0.2, -0.15) is 0 Å². The number of benzene rings is 18. The van der Waals surface area contributed by atoms with Gasteiger partial charge in [-0.3, -0.25) is 0 Å². The van der Waals surface area contributed by atoms with Gasteiger partial charge in [0.2, 0.25) is 0 Å². The zero-order valence-corrected chi connectivity index (χ0v) is 70.6. The normalized spacial score (nSPS) is 13.1. The molecule has 0 bridgehead atoms. The van der Waals surface area contributed by atoms with E-state index in [0.717, 1.165) is 116 Å². The molecule has 22 aromatic rings. The number of hydrogen-bond donors (Lipinski definition) is 0. The highest BCUT2D eigenvalue weighted by atomic mass is 32.2. The van der Waals surface area contributed by atoms with Crippen LogP contribution >= 0.6 is 23.5 Å². The molecule has 10 heteroatoms. The molecule has 596 valence electrons. The van der Waals surface area contributed by atoms with Crippen LogP contribution < -0.4 is 0 Å². The lowest BCUT2D eigenvalue weighted by Crippen LogP contribution is -2.32. The van der Waals surface area contributed by atoms with E-state index in [1.165, 1.54) is 91.9 Å². The first kappa shape index (κ1) is 74.6. The summed E-state index contributed by atoms with van der Waals surface area (Å²) in [5.41, 5.74) is 30.5. The lowest BCUT2D eigenvalue weighted by Gasteiger charge is -2.40. The molecule has 0 amide bonds. The summed E-state index contributed by atoms with van der Waals surface area (Å²) in [6, 6.07) is 156. The van der Waals surface area contributed by atoms with Gasteiger partial charge in [0.25, 0.3) is 0 Å². The van der Waals surface area contributed by atoms with E-state index in [9.17, 15) is 0 Å². The Morgan fingerprint density at radius 3 is 0.797 bits per heavy atom. The van der Waals surface area contributed by atoms with E-state index in [0.29, 0.717) is 34.9 Å². The number of rotatable bonds is 10. The molecule has 4 aromatic heterocycles. The highest BCUT2D eigenvalue weighted by molar-refractivity contribution is 7.99. The summed E-state index contributed by atoms with van der Waals surface area (Å²) in [7, 11) is 0. The largest absolute Gasteiger partial charge is 0.247 e. The van der Waals surface area contributed by atoms with Crippen LogP contribution in [0.1, 0.15) is 44.5 Å². The second-order valence-electron chi connectivity index (χ2n) is 33.0. The van der Waals surface area contributed by atoms with Gasteiger partial charge in [-0.15, -0.1) is 0 Å².